The molecule has 2 aromatic carbocycles. The zero-order chi connectivity index (χ0) is 22.1. The molecule has 1 aliphatic heterocycles. The Kier molecular flexibility index (Phi) is 5.26. The highest BCUT2D eigenvalue weighted by molar-refractivity contribution is 6.00. The maximum atomic E-state index is 14.1. The molecule has 1 unspecified atom stereocenters. The molecule has 0 aliphatic carbocycles. The van der Waals surface area contributed by atoms with Gasteiger partial charge in [0.05, 0.1) is 23.4 Å². The second kappa shape index (κ2) is 8.37. The van der Waals surface area contributed by atoms with Crippen molar-refractivity contribution >= 4 is 5.91 Å². The lowest BCUT2D eigenvalue weighted by Crippen LogP contribution is -2.29. The smallest absolute Gasteiger partial charge is 0.252 e. The van der Waals surface area contributed by atoms with E-state index in [0.29, 0.717) is 22.5 Å². The number of aryl methyl sites for hydroxylation is 1. The van der Waals surface area contributed by atoms with Crippen LogP contribution < -0.4 is 5.32 Å². The van der Waals surface area contributed by atoms with Crippen molar-refractivity contribution in [3.8, 4) is 22.8 Å². The maximum Gasteiger partial charge on any atom is 0.252 e. The standard InChI is InChI=1S/C24H22FN5O2/c1-15(22-29-28-21-12-6-7-13-30(21)22)27-23(31)16-8-2-3-9-17(16)24-26-14-20(32-24)18-10-4-5-11-19(18)25/h2-5,8-11,14-15H,6-7,12-13H2,1H3,(H,27,31). The van der Waals surface area contributed by atoms with Crippen LogP contribution in [0.3, 0.4) is 0 Å². The van der Waals surface area contributed by atoms with Crippen LogP contribution in [0.1, 0.15) is 47.8 Å². The Bertz CT molecular complexity index is 1280. The first-order chi connectivity index (χ1) is 15.6. The molecule has 0 saturated carbocycles. The van der Waals surface area contributed by atoms with Gasteiger partial charge in [-0.05, 0) is 44.0 Å². The Labute approximate surface area is 184 Å². The van der Waals surface area contributed by atoms with E-state index in [-0.39, 0.29) is 17.8 Å². The monoisotopic (exact) mass is 431 g/mol. The number of fused-ring (bicyclic) bond motifs is 1. The van der Waals surface area contributed by atoms with Crippen LogP contribution in [0.5, 0.6) is 0 Å². The second-order valence-corrected chi connectivity index (χ2v) is 7.83. The van der Waals surface area contributed by atoms with Gasteiger partial charge in [-0.15, -0.1) is 10.2 Å². The van der Waals surface area contributed by atoms with Gasteiger partial charge in [0, 0.05) is 18.5 Å². The van der Waals surface area contributed by atoms with Crippen LogP contribution in [0.4, 0.5) is 4.39 Å². The van der Waals surface area contributed by atoms with Crippen LogP contribution in [-0.2, 0) is 13.0 Å². The average Bonchev–Trinajstić information content (AvgIpc) is 3.47. The van der Waals surface area contributed by atoms with Gasteiger partial charge in [0.1, 0.15) is 11.6 Å². The van der Waals surface area contributed by atoms with Gasteiger partial charge in [-0.3, -0.25) is 4.79 Å². The third-order valence-electron chi connectivity index (χ3n) is 5.67. The summed E-state index contributed by atoms with van der Waals surface area (Å²) in [4.78, 5) is 17.4. The molecular weight excluding hydrogens is 409 g/mol. The highest BCUT2D eigenvalue weighted by Gasteiger charge is 2.23. The first-order valence-corrected chi connectivity index (χ1v) is 10.6. The number of carbonyl (C=O) groups excluding carboxylic acids is 1. The van der Waals surface area contributed by atoms with Crippen molar-refractivity contribution in [1.29, 1.82) is 0 Å². The topological polar surface area (TPSA) is 85.8 Å². The van der Waals surface area contributed by atoms with Gasteiger partial charge in [0.15, 0.2) is 11.6 Å². The lowest BCUT2D eigenvalue weighted by atomic mass is 10.1. The Morgan fingerprint density at radius 2 is 1.88 bits per heavy atom. The summed E-state index contributed by atoms with van der Waals surface area (Å²) in [6.07, 6.45) is 4.56. The van der Waals surface area contributed by atoms with E-state index in [1.165, 1.54) is 12.3 Å². The number of nitrogens with one attached hydrogen (secondary N) is 1. The summed E-state index contributed by atoms with van der Waals surface area (Å²) >= 11 is 0. The minimum Gasteiger partial charge on any atom is -0.436 e. The highest BCUT2D eigenvalue weighted by Crippen LogP contribution is 2.30. The minimum atomic E-state index is -0.397. The van der Waals surface area contributed by atoms with E-state index in [1.54, 1.807) is 42.5 Å². The quantitative estimate of drug-likeness (QED) is 0.500. The molecule has 7 nitrogen and oxygen atoms in total. The number of carbonyl (C=O) groups is 1. The number of amides is 1. The van der Waals surface area contributed by atoms with E-state index >= 15 is 0 Å². The minimum absolute atomic E-state index is 0.251. The van der Waals surface area contributed by atoms with Gasteiger partial charge < -0.3 is 14.3 Å². The number of benzene rings is 2. The number of oxazole rings is 1. The average molecular weight is 431 g/mol. The molecule has 4 aromatic rings. The molecule has 1 N–H and O–H groups in total. The molecule has 0 saturated heterocycles. The molecule has 0 spiro atoms. The van der Waals surface area contributed by atoms with Gasteiger partial charge in [-0.25, -0.2) is 9.37 Å². The Morgan fingerprint density at radius 1 is 1.09 bits per heavy atom. The van der Waals surface area contributed by atoms with Crippen LogP contribution in [0.2, 0.25) is 0 Å². The summed E-state index contributed by atoms with van der Waals surface area (Å²) < 4.78 is 22.0. The van der Waals surface area contributed by atoms with Crippen LogP contribution in [0.25, 0.3) is 22.8 Å². The van der Waals surface area contributed by atoms with Crippen molar-refractivity contribution in [1.82, 2.24) is 25.1 Å². The summed E-state index contributed by atoms with van der Waals surface area (Å²) in [6.45, 7) is 2.76. The highest BCUT2D eigenvalue weighted by atomic mass is 19.1. The molecular formula is C24H22FN5O2. The van der Waals surface area contributed by atoms with Crippen LogP contribution >= 0.6 is 0 Å². The fourth-order valence-electron chi connectivity index (χ4n) is 4.04. The van der Waals surface area contributed by atoms with E-state index in [4.69, 9.17) is 4.42 Å². The summed E-state index contributed by atoms with van der Waals surface area (Å²) in [7, 11) is 0. The van der Waals surface area contributed by atoms with Gasteiger partial charge in [-0.1, -0.05) is 24.3 Å². The molecule has 5 rings (SSSR count). The summed E-state index contributed by atoms with van der Waals surface area (Å²) in [5.74, 6) is 1.61. The molecule has 3 heterocycles. The van der Waals surface area contributed by atoms with Crippen LogP contribution in [0, 0.1) is 5.82 Å². The first-order valence-electron chi connectivity index (χ1n) is 10.6. The third-order valence-corrected chi connectivity index (χ3v) is 5.67. The van der Waals surface area contributed by atoms with E-state index in [1.807, 2.05) is 6.92 Å². The SMILES string of the molecule is CC(NC(=O)c1ccccc1-c1ncc(-c2ccccc2F)o1)c1nnc2n1CCCC2. The van der Waals surface area contributed by atoms with Crippen molar-refractivity contribution in [2.24, 2.45) is 0 Å². The van der Waals surface area contributed by atoms with E-state index in [0.717, 1.165) is 37.5 Å². The fraction of sp³-hybridized carbons (Fsp3) is 0.250. The van der Waals surface area contributed by atoms with Gasteiger partial charge >= 0.3 is 0 Å². The molecule has 1 amide bonds. The molecule has 1 atom stereocenters. The van der Waals surface area contributed by atoms with Crippen molar-refractivity contribution in [2.45, 2.75) is 38.8 Å². The van der Waals surface area contributed by atoms with Crippen molar-refractivity contribution in [3.05, 3.63) is 77.8 Å². The number of rotatable bonds is 5. The van der Waals surface area contributed by atoms with Gasteiger partial charge in [-0.2, -0.15) is 0 Å². The third kappa shape index (κ3) is 3.68. The summed E-state index contributed by atoms with van der Waals surface area (Å²) in [5.41, 5.74) is 1.26. The van der Waals surface area contributed by atoms with Crippen molar-refractivity contribution in [3.63, 3.8) is 0 Å². The lowest BCUT2D eigenvalue weighted by Gasteiger charge is -2.19. The van der Waals surface area contributed by atoms with E-state index < -0.39 is 5.82 Å². The molecule has 162 valence electrons. The predicted molar refractivity (Wildman–Crippen MR) is 116 cm³/mol. The number of halogens is 1. The Hall–Kier alpha value is -3.81. The predicted octanol–water partition coefficient (Wildman–Crippen LogP) is 4.57. The Balaban J connectivity index is 1.41. The summed E-state index contributed by atoms with van der Waals surface area (Å²) in [5, 5.41) is 11.6. The first kappa shape index (κ1) is 20.1. The number of aromatic nitrogens is 4. The molecule has 0 radical (unpaired) electrons. The van der Waals surface area contributed by atoms with Gasteiger partial charge in [0.2, 0.25) is 5.89 Å². The fourth-order valence-corrected chi connectivity index (χ4v) is 4.04. The molecule has 0 fully saturated rings. The molecule has 0 bridgehead atoms. The number of hydrogen-bond acceptors (Lipinski definition) is 5. The van der Waals surface area contributed by atoms with Crippen LogP contribution in [-0.4, -0.2) is 25.7 Å². The van der Waals surface area contributed by atoms with E-state index in [2.05, 4.69) is 25.1 Å². The zero-order valence-corrected chi connectivity index (χ0v) is 17.6. The molecule has 2 aromatic heterocycles. The molecule has 1 aliphatic rings. The number of hydrogen-bond donors (Lipinski definition) is 1. The van der Waals surface area contributed by atoms with E-state index in [9.17, 15) is 9.18 Å². The second-order valence-electron chi connectivity index (χ2n) is 7.83. The number of nitrogens with zero attached hydrogens (tertiary/aromatic N) is 4. The summed E-state index contributed by atoms with van der Waals surface area (Å²) in [6, 6.07) is 13.1. The van der Waals surface area contributed by atoms with Crippen molar-refractivity contribution in [2.75, 3.05) is 0 Å². The molecule has 8 heteroatoms. The Morgan fingerprint density at radius 3 is 2.72 bits per heavy atom. The van der Waals surface area contributed by atoms with Crippen molar-refractivity contribution < 1.29 is 13.6 Å². The van der Waals surface area contributed by atoms with Crippen LogP contribution in [0.15, 0.2) is 59.1 Å². The maximum absolute atomic E-state index is 14.1. The largest absolute Gasteiger partial charge is 0.436 e. The van der Waals surface area contributed by atoms with Gasteiger partial charge in [0.25, 0.3) is 5.91 Å². The lowest BCUT2D eigenvalue weighted by molar-refractivity contribution is 0.0938. The zero-order valence-electron chi connectivity index (χ0n) is 17.6. The normalized spacial score (nSPS) is 14.1. The molecule has 32 heavy (non-hydrogen) atoms.